The number of carbonyl (C=O) groups is 1. The quantitative estimate of drug-likeness (QED) is 0.835. The van der Waals surface area contributed by atoms with Gasteiger partial charge in [-0.15, -0.1) is 0 Å². The molecule has 0 N–H and O–H groups in total. The van der Waals surface area contributed by atoms with Gasteiger partial charge in [0.05, 0.1) is 24.9 Å². The Kier molecular flexibility index (Phi) is 4.20. The van der Waals surface area contributed by atoms with E-state index in [1.165, 1.54) is 0 Å². The van der Waals surface area contributed by atoms with Crippen LogP contribution in [0.4, 0.5) is 4.79 Å². The van der Waals surface area contributed by atoms with Crippen LogP contribution >= 0.6 is 0 Å². The van der Waals surface area contributed by atoms with Crippen molar-refractivity contribution in [2.24, 2.45) is 0 Å². The number of hydrogen-bond acceptors (Lipinski definition) is 4. The van der Waals surface area contributed by atoms with E-state index < -0.39 is 0 Å². The summed E-state index contributed by atoms with van der Waals surface area (Å²) in [6, 6.07) is 3.82. The molecule has 0 unspecified atom stereocenters. The van der Waals surface area contributed by atoms with Crippen molar-refractivity contribution in [1.29, 1.82) is 0 Å². The number of pyridine rings is 1. The van der Waals surface area contributed by atoms with E-state index in [0.717, 1.165) is 31.6 Å². The minimum Gasteiger partial charge on any atom is -0.486 e. The summed E-state index contributed by atoms with van der Waals surface area (Å²) in [5.41, 5.74) is -0.253. The van der Waals surface area contributed by atoms with Crippen LogP contribution in [0.25, 0.3) is 0 Å². The number of urea groups is 1. The Labute approximate surface area is 131 Å². The van der Waals surface area contributed by atoms with Crippen molar-refractivity contribution in [2.45, 2.75) is 31.0 Å². The lowest BCUT2D eigenvalue weighted by atomic mass is 9.89. The van der Waals surface area contributed by atoms with Gasteiger partial charge in [0.25, 0.3) is 0 Å². The summed E-state index contributed by atoms with van der Waals surface area (Å²) in [4.78, 5) is 19.7. The highest BCUT2D eigenvalue weighted by atomic mass is 16.6. The molecule has 0 radical (unpaired) electrons. The van der Waals surface area contributed by atoms with E-state index >= 15 is 0 Å². The van der Waals surface area contributed by atoms with E-state index in [0.29, 0.717) is 13.2 Å². The van der Waals surface area contributed by atoms with Crippen LogP contribution in [-0.4, -0.2) is 66.3 Å². The first-order valence-electron chi connectivity index (χ1n) is 7.75. The molecule has 6 nitrogen and oxygen atoms in total. The Balaban J connectivity index is 1.62. The van der Waals surface area contributed by atoms with Gasteiger partial charge in [0.15, 0.2) is 0 Å². The summed E-state index contributed by atoms with van der Waals surface area (Å²) in [6.07, 6.45) is 6.24. The standard InChI is InChI=1S/C16H23N3O3/c1-18(2)15(20)19-8-4-6-16(12-19)9-14(11-21-16)22-13-5-3-7-17-10-13/h3,5,7,10,14H,4,6,8-9,11-12H2,1-2H3/t14-,16-/m0/s1. The zero-order valence-electron chi connectivity index (χ0n) is 13.2. The fraction of sp³-hybridized carbons (Fsp3) is 0.625. The van der Waals surface area contributed by atoms with E-state index in [2.05, 4.69) is 4.98 Å². The molecule has 0 aromatic carbocycles. The molecular formula is C16H23N3O3. The smallest absolute Gasteiger partial charge is 0.319 e. The van der Waals surface area contributed by atoms with Crippen molar-refractivity contribution in [2.75, 3.05) is 33.8 Å². The minimum absolute atomic E-state index is 0.0265. The molecule has 3 rings (SSSR count). The maximum absolute atomic E-state index is 12.2. The Morgan fingerprint density at radius 1 is 1.55 bits per heavy atom. The Hall–Kier alpha value is -1.82. The number of amides is 2. The van der Waals surface area contributed by atoms with Crippen LogP contribution in [0.2, 0.25) is 0 Å². The molecule has 2 aliphatic heterocycles. The molecule has 3 heterocycles. The average Bonchev–Trinajstić information content (AvgIpc) is 2.89. The highest BCUT2D eigenvalue weighted by Gasteiger charge is 2.45. The van der Waals surface area contributed by atoms with Crippen LogP contribution in [0.3, 0.4) is 0 Å². The summed E-state index contributed by atoms with van der Waals surface area (Å²) in [5, 5.41) is 0. The van der Waals surface area contributed by atoms with Gasteiger partial charge in [-0.3, -0.25) is 4.98 Å². The lowest BCUT2D eigenvalue weighted by molar-refractivity contribution is -0.0437. The summed E-state index contributed by atoms with van der Waals surface area (Å²) in [7, 11) is 3.57. The number of carbonyl (C=O) groups excluding carboxylic acids is 1. The lowest BCUT2D eigenvalue weighted by Gasteiger charge is -2.40. The minimum atomic E-state index is -0.253. The van der Waals surface area contributed by atoms with E-state index in [-0.39, 0.29) is 17.7 Å². The van der Waals surface area contributed by atoms with Crippen LogP contribution in [0.1, 0.15) is 19.3 Å². The molecule has 0 aliphatic carbocycles. The summed E-state index contributed by atoms with van der Waals surface area (Å²) in [5.74, 6) is 0.769. The van der Waals surface area contributed by atoms with Crippen molar-refractivity contribution in [3.63, 3.8) is 0 Å². The van der Waals surface area contributed by atoms with Gasteiger partial charge in [0.1, 0.15) is 11.9 Å². The van der Waals surface area contributed by atoms with Crippen LogP contribution in [0.5, 0.6) is 5.75 Å². The van der Waals surface area contributed by atoms with Crippen LogP contribution < -0.4 is 4.74 Å². The Bertz CT molecular complexity index is 523. The van der Waals surface area contributed by atoms with Crippen molar-refractivity contribution < 1.29 is 14.3 Å². The first-order valence-corrected chi connectivity index (χ1v) is 7.75. The van der Waals surface area contributed by atoms with Gasteiger partial charge in [-0.2, -0.15) is 0 Å². The number of aromatic nitrogens is 1. The van der Waals surface area contributed by atoms with Crippen LogP contribution in [0, 0.1) is 0 Å². The number of piperidine rings is 1. The lowest BCUT2D eigenvalue weighted by Crippen LogP contribution is -2.52. The van der Waals surface area contributed by atoms with Gasteiger partial charge in [0.2, 0.25) is 0 Å². The predicted octanol–water partition coefficient (Wildman–Crippen LogP) is 1.77. The van der Waals surface area contributed by atoms with Gasteiger partial charge in [-0.05, 0) is 25.0 Å². The molecule has 0 saturated carbocycles. The average molecular weight is 305 g/mol. The van der Waals surface area contributed by atoms with Gasteiger partial charge >= 0.3 is 6.03 Å². The highest BCUT2D eigenvalue weighted by molar-refractivity contribution is 5.74. The second kappa shape index (κ2) is 6.12. The summed E-state index contributed by atoms with van der Waals surface area (Å²) in [6.45, 7) is 2.02. The van der Waals surface area contributed by atoms with Gasteiger partial charge in [-0.1, -0.05) is 0 Å². The first-order chi connectivity index (χ1) is 10.6. The van der Waals surface area contributed by atoms with E-state index in [4.69, 9.17) is 9.47 Å². The molecule has 0 bridgehead atoms. The largest absolute Gasteiger partial charge is 0.486 e. The zero-order valence-corrected chi connectivity index (χ0v) is 13.2. The SMILES string of the molecule is CN(C)C(=O)N1CCC[C@]2(C[C@H](Oc3cccnc3)CO2)C1. The first kappa shape index (κ1) is 15.1. The zero-order chi connectivity index (χ0) is 15.6. The molecule has 120 valence electrons. The normalized spacial score (nSPS) is 27.9. The summed E-state index contributed by atoms with van der Waals surface area (Å²) >= 11 is 0. The molecule has 1 aromatic heterocycles. The molecule has 2 saturated heterocycles. The monoisotopic (exact) mass is 305 g/mol. The third-order valence-corrected chi connectivity index (χ3v) is 4.30. The molecule has 6 heteroatoms. The fourth-order valence-electron chi connectivity index (χ4n) is 3.32. The molecule has 1 aromatic rings. The third-order valence-electron chi connectivity index (χ3n) is 4.30. The third kappa shape index (κ3) is 3.16. The van der Waals surface area contributed by atoms with Gasteiger partial charge in [0, 0.05) is 33.3 Å². The number of likely N-dealkylation sites (tertiary alicyclic amines) is 1. The van der Waals surface area contributed by atoms with E-state index in [9.17, 15) is 4.79 Å². The maximum Gasteiger partial charge on any atom is 0.319 e. The number of nitrogens with zero attached hydrogens (tertiary/aromatic N) is 3. The van der Waals surface area contributed by atoms with E-state index in [1.807, 2.05) is 17.0 Å². The number of hydrogen-bond donors (Lipinski definition) is 0. The predicted molar refractivity (Wildman–Crippen MR) is 81.8 cm³/mol. The molecule has 2 amide bonds. The second-order valence-corrected chi connectivity index (χ2v) is 6.33. The van der Waals surface area contributed by atoms with Crippen molar-refractivity contribution >= 4 is 6.03 Å². The fourth-order valence-corrected chi connectivity index (χ4v) is 3.32. The van der Waals surface area contributed by atoms with Crippen molar-refractivity contribution in [3.05, 3.63) is 24.5 Å². The molecular weight excluding hydrogens is 282 g/mol. The molecule has 2 atom stereocenters. The van der Waals surface area contributed by atoms with E-state index in [1.54, 1.807) is 31.4 Å². The molecule has 2 aliphatic rings. The highest BCUT2D eigenvalue weighted by Crippen LogP contribution is 2.36. The number of rotatable bonds is 2. The number of ether oxygens (including phenoxy) is 2. The Morgan fingerprint density at radius 2 is 2.41 bits per heavy atom. The molecule has 22 heavy (non-hydrogen) atoms. The Morgan fingerprint density at radius 3 is 3.14 bits per heavy atom. The van der Waals surface area contributed by atoms with Crippen LogP contribution in [-0.2, 0) is 4.74 Å². The van der Waals surface area contributed by atoms with Crippen LogP contribution in [0.15, 0.2) is 24.5 Å². The summed E-state index contributed by atoms with van der Waals surface area (Å²) < 4.78 is 12.0. The molecule has 2 fully saturated rings. The molecule has 1 spiro atoms. The van der Waals surface area contributed by atoms with Gasteiger partial charge < -0.3 is 19.3 Å². The van der Waals surface area contributed by atoms with Crippen molar-refractivity contribution in [3.8, 4) is 5.75 Å². The second-order valence-electron chi connectivity index (χ2n) is 6.33. The topological polar surface area (TPSA) is 54.9 Å². The van der Waals surface area contributed by atoms with Crippen molar-refractivity contribution in [1.82, 2.24) is 14.8 Å². The van der Waals surface area contributed by atoms with Gasteiger partial charge in [-0.25, -0.2) is 4.79 Å². The maximum atomic E-state index is 12.2.